The number of benzene rings is 2. The van der Waals surface area contributed by atoms with Gasteiger partial charge in [0.2, 0.25) is 6.23 Å². The van der Waals surface area contributed by atoms with Gasteiger partial charge in [-0.3, -0.25) is 4.98 Å². The molecule has 0 N–H and O–H groups in total. The quantitative estimate of drug-likeness (QED) is 0.682. The lowest BCUT2D eigenvalue weighted by Gasteiger charge is -2.38. The fourth-order valence-electron chi connectivity index (χ4n) is 3.80. The van der Waals surface area contributed by atoms with Gasteiger partial charge in [-0.05, 0) is 25.1 Å². The number of hydrazone groups is 1. The van der Waals surface area contributed by atoms with Crippen molar-refractivity contribution in [2.24, 2.45) is 5.10 Å². The van der Waals surface area contributed by atoms with Gasteiger partial charge >= 0.3 is 0 Å². The van der Waals surface area contributed by atoms with Gasteiger partial charge in [0.25, 0.3) is 0 Å². The van der Waals surface area contributed by atoms with Gasteiger partial charge in [0.15, 0.2) is 0 Å². The molecule has 0 saturated heterocycles. The first-order valence-electron chi connectivity index (χ1n) is 8.88. The first-order chi connectivity index (χ1) is 12.8. The van der Waals surface area contributed by atoms with E-state index in [9.17, 15) is 0 Å². The van der Waals surface area contributed by atoms with E-state index in [-0.39, 0.29) is 12.3 Å². The first kappa shape index (κ1) is 15.1. The minimum atomic E-state index is -0.214. The van der Waals surface area contributed by atoms with Gasteiger partial charge in [-0.25, -0.2) is 5.01 Å². The summed E-state index contributed by atoms with van der Waals surface area (Å²) < 4.78 is 6.38. The number of pyridine rings is 1. The lowest BCUT2D eigenvalue weighted by atomic mass is 9.96. The Labute approximate surface area is 152 Å². The summed E-state index contributed by atoms with van der Waals surface area (Å²) in [6.45, 7) is 2.10. The molecule has 0 amide bonds. The fourth-order valence-corrected chi connectivity index (χ4v) is 3.80. The van der Waals surface area contributed by atoms with Crippen molar-refractivity contribution < 1.29 is 4.74 Å². The standard InChI is InChI=1S/C22H19N3O/c1-15-5-4-6-17(13-15)22-25-20(18-7-2-3-8-21(18)26-22)14-19(24-25)16-9-11-23-12-10-16/h2-13,20,22H,14H2,1H3/t20-,22+/m1/s1. The molecule has 3 heterocycles. The molecule has 4 heteroatoms. The Morgan fingerprint density at radius 2 is 1.85 bits per heavy atom. The topological polar surface area (TPSA) is 37.7 Å². The molecule has 2 aliphatic heterocycles. The van der Waals surface area contributed by atoms with Crippen LogP contribution < -0.4 is 4.74 Å². The predicted octanol–water partition coefficient (Wildman–Crippen LogP) is 4.63. The van der Waals surface area contributed by atoms with Crippen LogP contribution in [-0.2, 0) is 0 Å². The second kappa shape index (κ2) is 5.99. The zero-order valence-corrected chi connectivity index (χ0v) is 14.5. The maximum absolute atomic E-state index is 6.38. The van der Waals surface area contributed by atoms with E-state index in [1.54, 1.807) is 0 Å². The molecule has 0 saturated carbocycles. The molecule has 2 aliphatic rings. The Balaban J connectivity index is 1.61. The Bertz CT molecular complexity index is 983. The highest BCUT2D eigenvalue weighted by Crippen LogP contribution is 2.47. The van der Waals surface area contributed by atoms with Crippen molar-refractivity contribution in [1.82, 2.24) is 9.99 Å². The molecule has 4 nitrogen and oxygen atoms in total. The van der Waals surface area contributed by atoms with E-state index < -0.39 is 0 Å². The van der Waals surface area contributed by atoms with E-state index in [0.29, 0.717) is 0 Å². The molecule has 0 bridgehead atoms. The van der Waals surface area contributed by atoms with Crippen LogP contribution in [0.3, 0.4) is 0 Å². The molecule has 3 aromatic rings. The van der Waals surface area contributed by atoms with Crippen molar-refractivity contribution in [1.29, 1.82) is 0 Å². The van der Waals surface area contributed by atoms with Crippen LogP contribution >= 0.6 is 0 Å². The smallest absolute Gasteiger partial charge is 0.213 e. The highest BCUT2D eigenvalue weighted by atomic mass is 16.5. The van der Waals surface area contributed by atoms with Crippen LogP contribution in [0.15, 0.2) is 78.2 Å². The first-order valence-corrected chi connectivity index (χ1v) is 8.88. The summed E-state index contributed by atoms with van der Waals surface area (Å²) >= 11 is 0. The summed E-state index contributed by atoms with van der Waals surface area (Å²) in [5.41, 5.74) is 5.75. The van der Waals surface area contributed by atoms with E-state index in [4.69, 9.17) is 9.84 Å². The number of aromatic nitrogens is 1. The van der Waals surface area contributed by atoms with Crippen LogP contribution in [0.2, 0.25) is 0 Å². The Morgan fingerprint density at radius 3 is 2.69 bits per heavy atom. The molecule has 2 aromatic carbocycles. The molecular weight excluding hydrogens is 322 g/mol. The molecule has 128 valence electrons. The molecule has 0 fully saturated rings. The highest BCUT2D eigenvalue weighted by Gasteiger charge is 2.40. The fraction of sp³-hybridized carbons (Fsp3) is 0.182. The van der Waals surface area contributed by atoms with Crippen molar-refractivity contribution >= 4 is 5.71 Å². The van der Waals surface area contributed by atoms with Crippen molar-refractivity contribution in [3.63, 3.8) is 0 Å². The molecule has 26 heavy (non-hydrogen) atoms. The van der Waals surface area contributed by atoms with Crippen LogP contribution in [0.1, 0.15) is 40.9 Å². The van der Waals surface area contributed by atoms with Crippen LogP contribution in [0.25, 0.3) is 0 Å². The number of aryl methyl sites for hydroxylation is 1. The third-order valence-corrected chi connectivity index (χ3v) is 5.04. The summed E-state index contributed by atoms with van der Waals surface area (Å²) in [4.78, 5) is 4.12. The highest BCUT2D eigenvalue weighted by molar-refractivity contribution is 6.01. The van der Waals surface area contributed by atoms with Crippen LogP contribution in [-0.4, -0.2) is 15.7 Å². The summed E-state index contributed by atoms with van der Waals surface area (Å²) in [6, 6.07) is 21.0. The monoisotopic (exact) mass is 341 g/mol. The zero-order valence-electron chi connectivity index (χ0n) is 14.5. The van der Waals surface area contributed by atoms with E-state index in [0.717, 1.165) is 29.0 Å². The lowest BCUT2D eigenvalue weighted by Crippen LogP contribution is -2.33. The van der Waals surface area contributed by atoms with Crippen molar-refractivity contribution in [3.8, 4) is 5.75 Å². The van der Waals surface area contributed by atoms with Gasteiger partial charge in [-0.15, -0.1) is 0 Å². The van der Waals surface area contributed by atoms with Gasteiger partial charge < -0.3 is 4.74 Å². The zero-order chi connectivity index (χ0) is 17.5. The normalized spacial score (nSPS) is 20.8. The molecule has 0 unspecified atom stereocenters. The second-order valence-corrected chi connectivity index (χ2v) is 6.80. The Morgan fingerprint density at radius 1 is 1.00 bits per heavy atom. The third-order valence-electron chi connectivity index (χ3n) is 5.04. The van der Waals surface area contributed by atoms with Gasteiger partial charge in [-0.1, -0.05) is 48.0 Å². The molecule has 0 radical (unpaired) electrons. The molecule has 0 spiro atoms. The number of fused-ring (bicyclic) bond motifs is 3. The molecule has 5 rings (SSSR count). The maximum atomic E-state index is 6.38. The van der Waals surface area contributed by atoms with Gasteiger partial charge in [0.05, 0.1) is 11.8 Å². The molecule has 0 aliphatic carbocycles. The summed E-state index contributed by atoms with van der Waals surface area (Å²) in [5.74, 6) is 0.950. The van der Waals surface area contributed by atoms with Crippen molar-refractivity contribution in [2.75, 3.05) is 0 Å². The molecule has 1 aromatic heterocycles. The number of nitrogens with zero attached hydrogens (tertiary/aromatic N) is 3. The SMILES string of the molecule is Cc1cccc([C@@H]2Oc3ccccc3[C@H]3CC(c4ccncc4)=NN32)c1. The van der Waals surface area contributed by atoms with Crippen molar-refractivity contribution in [3.05, 3.63) is 95.3 Å². The maximum Gasteiger partial charge on any atom is 0.213 e. The average molecular weight is 341 g/mol. The third kappa shape index (κ3) is 2.46. The average Bonchev–Trinajstić information content (AvgIpc) is 3.14. The van der Waals surface area contributed by atoms with E-state index in [2.05, 4.69) is 59.4 Å². The summed E-state index contributed by atoms with van der Waals surface area (Å²) in [7, 11) is 0. The van der Waals surface area contributed by atoms with Gasteiger partial charge in [0.1, 0.15) is 5.75 Å². The second-order valence-electron chi connectivity index (χ2n) is 6.80. The van der Waals surface area contributed by atoms with E-state index >= 15 is 0 Å². The number of hydrogen-bond acceptors (Lipinski definition) is 4. The number of hydrogen-bond donors (Lipinski definition) is 0. The lowest BCUT2D eigenvalue weighted by molar-refractivity contribution is -0.0190. The predicted molar refractivity (Wildman–Crippen MR) is 101 cm³/mol. The Hall–Kier alpha value is -3.14. The van der Waals surface area contributed by atoms with Crippen molar-refractivity contribution in [2.45, 2.75) is 25.6 Å². The Kier molecular flexibility index (Phi) is 3.49. The number of rotatable bonds is 2. The summed E-state index contributed by atoms with van der Waals surface area (Å²) in [6.07, 6.45) is 4.29. The van der Waals surface area contributed by atoms with Crippen LogP contribution in [0.5, 0.6) is 5.75 Å². The minimum absolute atomic E-state index is 0.189. The van der Waals surface area contributed by atoms with Crippen LogP contribution in [0.4, 0.5) is 0 Å². The number of para-hydroxylation sites is 1. The minimum Gasteiger partial charge on any atom is -0.464 e. The summed E-state index contributed by atoms with van der Waals surface area (Å²) in [5, 5.41) is 7.08. The largest absolute Gasteiger partial charge is 0.464 e. The van der Waals surface area contributed by atoms with Gasteiger partial charge in [-0.2, -0.15) is 5.10 Å². The van der Waals surface area contributed by atoms with Gasteiger partial charge in [0, 0.05) is 35.5 Å². The number of ether oxygens (including phenoxy) is 1. The van der Waals surface area contributed by atoms with Crippen LogP contribution in [0, 0.1) is 6.92 Å². The van der Waals surface area contributed by atoms with E-state index in [1.807, 2.05) is 30.6 Å². The van der Waals surface area contributed by atoms with E-state index in [1.165, 1.54) is 11.1 Å². The molecular formula is C22H19N3O. The molecule has 2 atom stereocenters.